The fraction of sp³-hybridized carbons (Fsp3) is 0.467. The molecule has 1 aliphatic heterocycles. The van der Waals surface area contributed by atoms with Crippen molar-refractivity contribution in [3.05, 3.63) is 29.8 Å². The van der Waals surface area contributed by atoms with E-state index in [1.54, 1.807) is 18.2 Å². The van der Waals surface area contributed by atoms with E-state index in [1.165, 1.54) is 6.92 Å². The molecule has 4 heteroatoms. The van der Waals surface area contributed by atoms with Gasteiger partial charge in [0, 0.05) is 23.2 Å². The Morgan fingerprint density at radius 1 is 1.37 bits per heavy atom. The van der Waals surface area contributed by atoms with Gasteiger partial charge in [0.05, 0.1) is 0 Å². The molecule has 2 atom stereocenters. The predicted octanol–water partition coefficient (Wildman–Crippen LogP) is 2.22. The van der Waals surface area contributed by atoms with Gasteiger partial charge in [0.2, 0.25) is 5.91 Å². The van der Waals surface area contributed by atoms with Crippen LogP contribution in [0.4, 0.5) is 5.69 Å². The summed E-state index contributed by atoms with van der Waals surface area (Å²) >= 11 is 0. The lowest BCUT2D eigenvalue weighted by atomic mass is 9.92. The SMILES string of the molecule is CC(=O)c1cccc(NC(=O)C2CCNC(C)C2)c1. The minimum absolute atomic E-state index is 0.00610. The molecule has 1 heterocycles. The summed E-state index contributed by atoms with van der Waals surface area (Å²) in [5.41, 5.74) is 1.32. The first-order valence-corrected chi connectivity index (χ1v) is 6.71. The van der Waals surface area contributed by atoms with Crippen molar-refractivity contribution in [2.45, 2.75) is 32.7 Å². The van der Waals surface area contributed by atoms with Crippen LogP contribution in [-0.2, 0) is 4.79 Å². The molecule has 0 saturated carbocycles. The largest absolute Gasteiger partial charge is 0.326 e. The molecule has 0 bridgehead atoms. The number of hydrogen-bond donors (Lipinski definition) is 2. The second-order valence-corrected chi connectivity index (χ2v) is 5.20. The monoisotopic (exact) mass is 260 g/mol. The van der Waals surface area contributed by atoms with E-state index in [0.717, 1.165) is 19.4 Å². The number of Topliss-reactive ketones (excluding diaryl/α,β-unsaturated/α-hetero) is 1. The highest BCUT2D eigenvalue weighted by molar-refractivity contribution is 5.97. The van der Waals surface area contributed by atoms with Crippen LogP contribution in [0, 0.1) is 5.92 Å². The molecule has 1 fully saturated rings. The highest BCUT2D eigenvalue weighted by Crippen LogP contribution is 2.19. The van der Waals surface area contributed by atoms with Gasteiger partial charge in [-0.15, -0.1) is 0 Å². The van der Waals surface area contributed by atoms with Crippen molar-refractivity contribution in [3.63, 3.8) is 0 Å². The third kappa shape index (κ3) is 3.64. The maximum Gasteiger partial charge on any atom is 0.227 e. The van der Waals surface area contributed by atoms with Crippen molar-refractivity contribution in [3.8, 4) is 0 Å². The minimum atomic E-state index is 0.00610. The Bertz CT molecular complexity index is 485. The maximum atomic E-state index is 12.2. The van der Waals surface area contributed by atoms with Crippen LogP contribution in [0.1, 0.15) is 37.0 Å². The maximum absolute atomic E-state index is 12.2. The van der Waals surface area contributed by atoms with E-state index >= 15 is 0 Å². The van der Waals surface area contributed by atoms with Crippen molar-refractivity contribution in [1.82, 2.24) is 5.32 Å². The van der Waals surface area contributed by atoms with E-state index in [-0.39, 0.29) is 17.6 Å². The fourth-order valence-electron chi connectivity index (χ4n) is 2.43. The van der Waals surface area contributed by atoms with E-state index in [9.17, 15) is 9.59 Å². The van der Waals surface area contributed by atoms with Crippen LogP contribution in [-0.4, -0.2) is 24.3 Å². The molecule has 102 valence electrons. The Hall–Kier alpha value is -1.68. The fourth-order valence-corrected chi connectivity index (χ4v) is 2.43. The standard InChI is InChI=1S/C15H20N2O2/c1-10-8-13(6-7-16-10)15(19)17-14-5-3-4-12(9-14)11(2)18/h3-5,9-10,13,16H,6-8H2,1-2H3,(H,17,19). The van der Waals surface area contributed by atoms with Crippen molar-refractivity contribution in [2.75, 3.05) is 11.9 Å². The summed E-state index contributed by atoms with van der Waals surface area (Å²) in [6.07, 6.45) is 1.72. The molecule has 2 N–H and O–H groups in total. The van der Waals surface area contributed by atoms with Gasteiger partial charge in [0.25, 0.3) is 0 Å². The van der Waals surface area contributed by atoms with E-state index in [0.29, 0.717) is 17.3 Å². The van der Waals surface area contributed by atoms with E-state index in [2.05, 4.69) is 17.6 Å². The number of carbonyl (C=O) groups is 2. The van der Waals surface area contributed by atoms with E-state index in [4.69, 9.17) is 0 Å². The van der Waals surface area contributed by atoms with Gasteiger partial charge < -0.3 is 10.6 Å². The normalized spacial score (nSPS) is 22.8. The van der Waals surface area contributed by atoms with Gasteiger partial charge in [-0.2, -0.15) is 0 Å². The molecule has 2 unspecified atom stereocenters. The lowest BCUT2D eigenvalue weighted by Gasteiger charge is -2.27. The number of ketones is 1. The Morgan fingerprint density at radius 3 is 2.84 bits per heavy atom. The Balaban J connectivity index is 2.02. The van der Waals surface area contributed by atoms with Crippen molar-refractivity contribution >= 4 is 17.4 Å². The molecule has 1 amide bonds. The van der Waals surface area contributed by atoms with Crippen LogP contribution in [0.3, 0.4) is 0 Å². The number of nitrogens with one attached hydrogen (secondary N) is 2. The first-order valence-electron chi connectivity index (χ1n) is 6.71. The summed E-state index contributed by atoms with van der Waals surface area (Å²) < 4.78 is 0. The molecule has 19 heavy (non-hydrogen) atoms. The molecular formula is C15H20N2O2. The first kappa shape index (κ1) is 13.7. The van der Waals surface area contributed by atoms with Crippen LogP contribution < -0.4 is 10.6 Å². The number of anilines is 1. The number of carbonyl (C=O) groups excluding carboxylic acids is 2. The van der Waals surface area contributed by atoms with Crippen LogP contribution in [0.5, 0.6) is 0 Å². The number of rotatable bonds is 3. The van der Waals surface area contributed by atoms with Gasteiger partial charge in [-0.05, 0) is 45.4 Å². The summed E-state index contributed by atoms with van der Waals surface area (Å²) in [6, 6.07) is 7.47. The lowest BCUT2D eigenvalue weighted by Crippen LogP contribution is -2.40. The van der Waals surface area contributed by atoms with E-state index in [1.807, 2.05) is 6.07 Å². The topological polar surface area (TPSA) is 58.2 Å². The summed E-state index contributed by atoms with van der Waals surface area (Å²) in [5.74, 6) is 0.109. The zero-order valence-electron chi connectivity index (χ0n) is 11.4. The van der Waals surface area contributed by atoms with Crippen LogP contribution in [0.2, 0.25) is 0 Å². The average Bonchev–Trinajstić information content (AvgIpc) is 2.39. The number of piperidine rings is 1. The Morgan fingerprint density at radius 2 is 2.16 bits per heavy atom. The van der Waals surface area contributed by atoms with Gasteiger partial charge in [-0.3, -0.25) is 9.59 Å². The molecule has 1 aromatic rings. The zero-order chi connectivity index (χ0) is 13.8. The van der Waals surface area contributed by atoms with Crippen molar-refractivity contribution in [1.29, 1.82) is 0 Å². The first-order chi connectivity index (χ1) is 9.06. The summed E-state index contributed by atoms with van der Waals surface area (Å²) in [6.45, 7) is 4.50. The highest BCUT2D eigenvalue weighted by Gasteiger charge is 2.24. The van der Waals surface area contributed by atoms with E-state index < -0.39 is 0 Å². The van der Waals surface area contributed by atoms with Gasteiger partial charge in [-0.1, -0.05) is 12.1 Å². The third-order valence-corrected chi connectivity index (χ3v) is 3.53. The molecule has 1 saturated heterocycles. The van der Waals surface area contributed by atoms with Gasteiger partial charge >= 0.3 is 0 Å². The number of amides is 1. The second-order valence-electron chi connectivity index (χ2n) is 5.20. The number of hydrogen-bond acceptors (Lipinski definition) is 3. The molecule has 0 aliphatic carbocycles. The molecular weight excluding hydrogens is 240 g/mol. The smallest absolute Gasteiger partial charge is 0.227 e. The lowest BCUT2D eigenvalue weighted by molar-refractivity contribution is -0.120. The predicted molar refractivity (Wildman–Crippen MR) is 75.3 cm³/mol. The molecule has 1 aromatic carbocycles. The molecule has 4 nitrogen and oxygen atoms in total. The summed E-state index contributed by atoms with van der Waals surface area (Å²) in [7, 11) is 0. The minimum Gasteiger partial charge on any atom is -0.326 e. The quantitative estimate of drug-likeness (QED) is 0.819. The summed E-state index contributed by atoms with van der Waals surface area (Å²) in [5, 5.41) is 6.24. The molecule has 0 radical (unpaired) electrons. The van der Waals surface area contributed by atoms with Gasteiger partial charge in [0.15, 0.2) is 5.78 Å². The average molecular weight is 260 g/mol. The molecule has 0 aromatic heterocycles. The van der Waals surface area contributed by atoms with Gasteiger partial charge in [0.1, 0.15) is 0 Å². The highest BCUT2D eigenvalue weighted by atomic mass is 16.2. The second kappa shape index (κ2) is 5.97. The van der Waals surface area contributed by atoms with Crippen LogP contribution in [0.15, 0.2) is 24.3 Å². The molecule has 2 rings (SSSR count). The van der Waals surface area contributed by atoms with Crippen molar-refractivity contribution in [2.24, 2.45) is 5.92 Å². The third-order valence-electron chi connectivity index (χ3n) is 3.53. The van der Waals surface area contributed by atoms with Crippen molar-refractivity contribution < 1.29 is 9.59 Å². The Labute approximate surface area is 113 Å². The van der Waals surface area contributed by atoms with Crippen LogP contribution >= 0.6 is 0 Å². The zero-order valence-corrected chi connectivity index (χ0v) is 11.4. The Kier molecular flexibility index (Phi) is 4.32. The number of benzene rings is 1. The molecule has 0 spiro atoms. The van der Waals surface area contributed by atoms with Gasteiger partial charge in [-0.25, -0.2) is 0 Å². The molecule has 1 aliphatic rings. The van der Waals surface area contributed by atoms with Crippen LogP contribution in [0.25, 0.3) is 0 Å². The summed E-state index contributed by atoms with van der Waals surface area (Å²) in [4.78, 5) is 23.5.